The Morgan fingerprint density at radius 2 is 0.405 bits per heavy atom. The first-order chi connectivity index (χ1) is 59.5. The Morgan fingerprint density at radius 1 is 0.175 bits per heavy atom. The van der Waals surface area contributed by atoms with E-state index in [0.29, 0.717) is 11.1 Å². The molecule has 14 aromatic carbocycles. The van der Waals surface area contributed by atoms with Gasteiger partial charge in [-0.15, -0.1) is 0 Å². The van der Waals surface area contributed by atoms with Gasteiger partial charge in [0.25, 0.3) is 0 Å². The Morgan fingerprint density at radius 3 is 0.651 bits per heavy atom. The second-order valence-electron chi connectivity index (χ2n) is 43.9. The first-order valence-corrected chi connectivity index (χ1v) is 45.0. The van der Waals surface area contributed by atoms with E-state index in [-0.39, 0.29) is 43.3 Å². The molecule has 126 heavy (non-hydrogen) atoms. The molecule has 6 aromatic heterocycles. The number of benzene rings is 14. The lowest BCUT2D eigenvalue weighted by Gasteiger charge is -2.27. The summed E-state index contributed by atoms with van der Waals surface area (Å²) in [5.74, 6) is 0. The van der Waals surface area contributed by atoms with Crippen LogP contribution in [0.2, 0.25) is 0 Å². The first kappa shape index (κ1) is 82.5. The molecule has 0 atom stereocenters. The van der Waals surface area contributed by atoms with Gasteiger partial charge >= 0.3 is 0 Å². The number of aromatic nitrogens is 6. The molecule has 0 saturated heterocycles. The number of nitriles is 2. The molecule has 0 saturated carbocycles. The first-order valence-electron chi connectivity index (χ1n) is 45.0. The van der Waals surface area contributed by atoms with E-state index in [0.717, 1.165) is 39.1 Å². The summed E-state index contributed by atoms with van der Waals surface area (Å²) in [5, 5.41) is 34.4. The second-order valence-corrected chi connectivity index (χ2v) is 43.9. The summed E-state index contributed by atoms with van der Waals surface area (Å²) in [4.78, 5) is 0. The van der Waals surface area contributed by atoms with E-state index in [1.54, 1.807) is 0 Å². The van der Waals surface area contributed by atoms with E-state index in [9.17, 15) is 10.5 Å². The molecule has 0 spiro atoms. The van der Waals surface area contributed by atoms with Crippen LogP contribution in [0.25, 0.3) is 165 Å². The average Bonchev–Trinajstić information content (AvgIpc) is 1.53. The summed E-state index contributed by atoms with van der Waals surface area (Å²) in [6, 6.07) is 104. The molecular formula is C118H116N8. The molecule has 0 bridgehead atoms. The van der Waals surface area contributed by atoms with Gasteiger partial charge in [0, 0.05) is 98.8 Å². The van der Waals surface area contributed by atoms with Crippen molar-refractivity contribution in [3.63, 3.8) is 0 Å². The average molecular weight is 1650 g/mol. The van der Waals surface area contributed by atoms with Crippen LogP contribution in [-0.2, 0) is 43.3 Å². The standard InChI is InChI=1S/2C59H58N4/c1-56(2,3)37-29-38(57(4,5)6)32-42(31-37)62-49-23-16-14-21-47(49)53-51(62)27-25-45-44-24-26-50-52(46-20-13-15-22-48(46)61(50)41-19-17-18-36(28-41)35-60)54(44)63(55(45)53)43-33-39(58(7,8)9)30-40(34-43)59(10,11)12;1-56(2,3)37-29-38(57(4,5)6)32-42(31-37)62-49-20-16-14-18-47(49)53-51(62)28-26-45-44-25-27-50-52(46-17-13-15-19-48(46)61(50)41-23-21-36(35-60)22-24-41)54(44)63(55(45)53)43-33-39(58(7,8)9)30-40(34-43)59(10,11)12/h2*13-34H,1-12H3. The zero-order chi connectivity index (χ0) is 89.1. The Bertz CT molecular complexity index is 7900. The third kappa shape index (κ3) is 13.5. The van der Waals surface area contributed by atoms with E-state index >= 15 is 0 Å². The van der Waals surface area contributed by atoms with Crippen LogP contribution < -0.4 is 0 Å². The topological polar surface area (TPSA) is 77.2 Å². The maximum Gasteiger partial charge on any atom is 0.0992 e. The predicted octanol–water partition coefficient (Wildman–Crippen LogP) is 32.1. The lowest BCUT2D eigenvalue weighted by Crippen LogP contribution is -2.17. The minimum absolute atomic E-state index is 0.0282. The van der Waals surface area contributed by atoms with Gasteiger partial charge in [0.15, 0.2) is 0 Å². The minimum atomic E-state index is -0.0833. The van der Waals surface area contributed by atoms with Crippen molar-refractivity contribution in [1.29, 1.82) is 10.5 Å². The molecule has 0 aliphatic heterocycles. The second kappa shape index (κ2) is 28.7. The minimum Gasteiger partial charge on any atom is -0.309 e. The van der Waals surface area contributed by atoms with Crippen LogP contribution in [0.3, 0.4) is 0 Å². The molecule has 0 fully saturated rings. The quantitative estimate of drug-likeness (QED) is 0.166. The smallest absolute Gasteiger partial charge is 0.0992 e. The van der Waals surface area contributed by atoms with Gasteiger partial charge in [-0.3, -0.25) is 0 Å². The number of nitrogens with zero attached hydrogens (tertiary/aromatic N) is 8. The fraction of sp³-hybridized carbons (Fsp3) is 0.271. The van der Waals surface area contributed by atoms with Crippen LogP contribution in [0.4, 0.5) is 0 Å². The van der Waals surface area contributed by atoms with Crippen molar-refractivity contribution in [3.8, 4) is 46.3 Å². The summed E-state index contributed by atoms with van der Waals surface area (Å²) in [6.07, 6.45) is 0. The zero-order valence-corrected chi connectivity index (χ0v) is 78.0. The fourth-order valence-electron chi connectivity index (χ4n) is 19.6. The molecule has 8 nitrogen and oxygen atoms in total. The Hall–Kier alpha value is -13.1. The van der Waals surface area contributed by atoms with E-state index in [4.69, 9.17) is 0 Å². The number of rotatable bonds is 6. The third-order valence-electron chi connectivity index (χ3n) is 26.8. The molecular weight excluding hydrogens is 1530 g/mol. The van der Waals surface area contributed by atoms with Gasteiger partial charge in [0.05, 0.1) is 89.5 Å². The lowest BCUT2D eigenvalue weighted by atomic mass is 9.80. The number of hydrogen-bond acceptors (Lipinski definition) is 2. The van der Waals surface area contributed by atoms with Crippen molar-refractivity contribution in [2.24, 2.45) is 0 Å². The molecule has 8 heteroatoms. The molecule has 20 aromatic rings. The molecule has 0 aliphatic rings. The van der Waals surface area contributed by atoms with E-state index in [1.807, 2.05) is 30.3 Å². The molecule has 0 amide bonds. The van der Waals surface area contributed by atoms with Crippen LogP contribution in [0, 0.1) is 22.7 Å². The normalized spacial score (nSPS) is 13.1. The summed E-state index contributed by atoms with van der Waals surface area (Å²) in [5.41, 5.74) is 32.2. The number of para-hydroxylation sites is 4. The largest absolute Gasteiger partial charge is 0.309 e. The van der Waals surface area contributed by atoms with Gasteiger partial charge in [0.1, 0.15) is 0 Å². The molecule has 0 N–H and O–H groups in total. The van der Waals surface area contributed by atoms with Crippen molar-refractivity contribution in [2.45, 2.75) is 209 Å². The van der Waals surface area contributed by atoms with Crippen LogP contribution in [0.15, 0.2) is 267 Å². The van der Waals surface area contributed by atoms with Gasteiger partial charge in [-0.25, -0.2) is 0 Å². The van der Waals surface area contributed by atoms with Crippen molar-refractivity contribution < 1.29 is 0 Å². The summed E-state index contributed by atoms with van der Waals surface area (Å²) in [6.45, 7) is 55.8. The highest BCUT2D eigenvalue weighted by molar-refractivity contribution is 6.34. The van der Waals surface area contributed by atoms with E-state index in [2.05, 4.69) is 442 Å². The maximum absolute atomic E-state index is 10.00. The molecule has 628 valence electrons. The zero-order valence-electron chi connectivity index (χ0n) is 78.0. The van der Waals surface area contributed by atoms with E-state index in [1.165, 1.54) is 170 Å². The van der Waals surface area contributed by atoms with Crippen molar-refractivity contribution >= 4 is 131 Å². The van der Waals surface area contributed by atoms with Crippen molar-refractivity contribution in [3.05, 3.63) is 323 Å². The molecule has 20 rings (SSSR count). The van der Waals surface area contributed by atoms with Gasteiger partial charge < -0.3 is 27.4 Å². The summed E-state index contributed by atoms with van der Waals surface area (Å²) in [7, 11) is 0. The van der Waals surface area contributed by atoms with Gasteiger partial charge in [-0.1, -0.05) is 294 Å². The van der Waals surface area contributed by atoms with E-state index < -0.39 is 0 Å². The van der Waals surface area contributed by atoms with Crippen LogP contribution in [0.5, 0.6) is 0 Å². The molecule has 0 unspecified atom stereocenters. The van der Waals surface area contributed by atoms with Crippen molar-refractivity contribution in [1.82, 2.24) is 27.4 Å². The monoisotopic (exact) mass is 1640 g/mol. The third-order valence-corrected chi connectivity index (χ3v) is 26.8. The Balaban J connectivity index is 0.000000165. The number of fused-ring (bicyclic) bond motifs is 22. The lowest BCUT2D eigenvalue weighted by molar-refractivity contribution is 0.567. The molecule has 0 aliphatic carbocycles. The van der Waals surface area contributed by atoms with Gasteiger partial charge in [-0.2, -0.15) is 10.5 Å². The summed E-state index contributed by atoms with van der Waals surface area (Å²) >= 11 is 0. The fourth-order valence-corrected chi connectivity index (χ4v) is 19.6. The summed E-state index contributed by atoms with van der Waals surface area (Å²) < 4.78 is 15.0. The highest BCUT2D eigenvalue weighted by Gasteiger charge is 2.33. The maximum atomic E-state index is 10.00. The van der Waals surface area contributed by atoms with Crippen molar-refractivity contribution in [2.75, 3.05) is 0 Å². The Kier molecular flexibility index (Phi) is 18.8. The van der Waals surface area contributed by atoms with Gasteiger partial charge in [-0.05, 0) is 227 Å². The molecule has 6 heterocycles. The highest BCUT2D eigenvalue weighted by atomic mass is 15.1. The highest BCUT2D eigenvalue weighted by Crippen LogP contribution is 2.52. The van der Waals surface area contributed by atoms with Gasteiger partial charge in [0.2, 0.25) is 0 Å². The van der Waals surface area contributed by atoms with Crippen LogP contribution >= 0.6 is 0 Å². The number of hydrogen-bond donors (Lipinski definition) is 0. The SMILES string of the molecule is CC(C)(C)c1cc(-n2c3ccccc3c3c2ccc2c4ccc5c(c6ccccc6n5-c5ccc(C#N)cc5)c4n(-c4cc(C(C)(C)C)cc(C(C)(C)C)c4)c23)cc(C(C)(C)C)c1.CC(C)(C)c1cc(-n2c3ccccc3c3c2ccc2c4ccc5c(c6ccccc6n5-c5cccc(C#N)c5)c4n(-c4cc(C(C)(C)C)cc(C(C)(C)C)c4)c23)cc(C(C)(C)C)c1. The van der Waals surface area contributed by atoms with Crippen LogP contribution in [-0.4, -0.2) is 27.4 Å². The molecule has 0 radical (unpaired) electrons. The predicted molar refractivity (Wildman–Crippen MR) is 538 cm³/mol. The Labute approximate surface area is 742 Å². The van der Waals surface area contributed by atoms with Crippen LogP contribution in [0.1, 0.15) is 222 Å².